The average Bonchev–Trinajstić information content (AvgIpc) is 2.79. The van der Waals surface area contributed by atoms with Crippen LogP contribution in [0, 0.1) is 6.92 Å². The first kappa shape index (κ1) is 13.0. The van der Waals surface area contributed by atoms with E-state index in [1.807, 2.05) is 19.1 Å². The number of ether oxygens (including phenoxy) is 1. The fraction of sp³-hybridized carbons (Fsp3) is 0.364. The van der Waals surface area contributed by atoms with E-state index in [0.29, 0.717) is 24.7 Å². The molecule has 0 bridgehead atoms. The molecule has 0 unspecified atom stereocenters. The average molecular weight is 312 g/mol. The molecule has 6 nitrogen and oxygen atoms in total. The molecule has 0 spiro atoms. The van der Waals surface area contributed by atoms with Crippen molar-refractivity contribution in [2.45, 2.75) is 13.5 Å². The number of benzene rings is 1. The number of tetrazole rings is 1. The quantitative estimate of drug-likeness (QED) is 0.868. The van der Waals surface area contributed by atoms with Crippen LogP contribution in [-0.2, 0) is 11.3 Å². The Labute approximate surface area is 113 Å². The van der Waals surface area contributed by atoms with Crippen LogP contribution in [0.15, 0.2) is 16.6 Å². The van der Waals surface area contributed by atoms with E-state index in [4.69, 9.17) is 10.5 Å². The lowest BCUT2D eigenvalue weighted by molar-refractivity contribution is 0.183. The van der Waals surface area contributed by atoms with Crippen molar-refractivity contribution in [3.8, 4) is 11.4 Å². The molecule has 0 amide bonds. The first-order chi connectivity index (χ1) is 8.63. The Bertz CT molecular complexity index is 554. The van der Waals surface area contributed by atoms with Crippen molar-refractivity contribution in [1.29, 1.82) is 0 Å². The number of nitrogens with two attached hydrogens (primary N) is 1. The molecule has 1 heterocycles. The highest BCUT2D eigenvalue weighted by Gasteiger charge is 2.13. The maximum atomic E-state index is 5.95. The molecule has 0 aliphatic heterocycles. The first-order valence-electron chi connectivity index (χ1n) is 5.44. The van der Waals surface area contributed by atoms with E-state index in [0.717, 1.165) is 15.6 Å². The molecule has 0 atom stereocenters. The van der Waals surface area contributed by atoms with Crippen LogP contribution in [0.25, 0.3) is 11.4 Å². The summed E-state index contributed by atoms with van der Waals surface area (Å²) in [6.07, 6.45) is 0. The molecular formula is C11H14BrN5O. The van der Waals surface area contributed by atoms with Crippen molar-refractivity contribution in [2.75, 3.05) is 19.5 Å². The van der Waals surface area contributed by atoms with Gasteiger partial charge in [0.1, 0.15) is 0 Å². The summed E-state index contributed by atoms with van der Waals surface area (Å²) in [6, 6.07) is 3.82. The minimum atomic E-state index is 0.556. The highest BCUT2D eigenvalue weighted by atomic mass is 79.9. The van der Waals surface area contributed by atoms with Crippen LogP contribution < -0.4 is 5.73 Å². The van der Waals surface area contributed by atoms with Crippen LogP contribution in [0.1, 0.15) is 5.56 Å². The molecule has 2 aromatic rings. The molecular weight excluding hydrogens is 298 g/mol. The monoisotopic (exact) mass is 311 g/mol. The molecule has 0 radical (unpaired) electrons. The predicted octanol–water partition coefficient (Wildman–Crippen LogP) is 1.64. The van der Waals surface area contributed by atoms with Gasteiger partial charge in [-0.1, -0.05) is 15.9 Å². The van der Waals surface area contributed by atoms with Crippen LogP contribution in [0.3, 0.4) is 0 Å². The standard InChI is InChI=1S/C11H14BrN5O/c1-7-9(5-8(12)6-10(7)13)11-14-15-16-17(11)3-4-18-2/h5-6H,3-4,13H2,1-2H3. The largest absolute Gasteiger partial charge is 0.398 e. The molecule has 0 aliphatic rings. The Morgan fingerprint density at radius 2 is 2.22 bits per heavy atom. The van der Waals surface area contributed by atoms with E-state index in [9.17, 15) is 0 Å². The van der Waals surface area contributed by atoms with Gasteiger partial charge in [0.2, 0.25) is 0 Å². The highest BCUT2D eigenvalue weighted by Crippen LogP contribution is 2.29. The lowest BCUT2D eigenvalue weighted by atomic mass is 10.1. The molecule has 0 aliphatic carbocycles. The topological polar surface area (TPSA) is 78.8 Å². The van der Waals surface area contributed by atoms with Crippen LogP contribution in [-0.4, -0.2) is 33.9 Å². The number of anilines is 1. The Morgan fingerprint density at radius 3 is 2.94 bits per heavy atom. The van der Waals surface area contributed by atoms with E-state index >= 15 is 0 Å². The predicted molar refractivity (Wildman–Crippen MR) is 72.0 cm³/mol. The lowest BCUT2D eigenvalue weighted by Gasteiger charge is -2.09. The van der Waals surface area contributed by atoms with Gasteiger partial charge in [-0.3, -0.25) is 0 Å². The normalized spacial score (nSPS) is 10.8. The molecule has 0 saturated heterocycles. The van der Waals surface area contributed by atoms with Crippen LogP contribution in [0.4, 0.5) is 5.69 Å². The van der Waals surface area contributed by atoms with Gasteiger partial charge >= 0.3 is 0 Å². The fourth-order valence-corrected chi connectivity index (χ4v) is 2.13. The molecule has 2 rings (SSSR count). The van der Waals surface area contributed by atoms with Crippen LogP contribution in [0.2, 0.25) is 0 Å². The Kier molecular flexibility index (Phi) is 3.93. The fourth-order valence-electron chi connectivity index (χ4n) is 1.66. The minimum absolute atomic E-state index is 0.556. The summed E-state index contributed by atoms with van der Waals surface area (Å²) in [4.78, 5) is 0. The lowest BCUT2D eigenvalue weighted by Crippen LogP contribution is -2.08. The van der Waals surface area contributed by atoms with E-state index in [-0.39, 0.29) is 0 Å². The Morgan fingerprint density at radius 1 is 1.44 bits per heavy atom. The van der Waals surface area contributed by atoms with Gasteiger partial charge in [-0.25, -0.2) is 4.68 Å². The summed E-state index contributed by atoms with van der Waals surface area (Å²) in [5, 5.41) is 11.7. The summed E-state index contributed by atoms with van der Waals surface area (Å²) in [6.45, 7) is 3.11. The van der Waals surface area contributed by atoms with Crippen molar-refractivity contribution in [2.24, 2.45) is 0 Å². The SMILES string of the molecule is COCCn1nnnc1-c1cc(Br)cc(N)c1C. The van der Waals surface area contributed by atoms with E-state index in [2.05, 4.69) is 31.5 Å². The summed E-state index contributed by atoms with van der Waals surface area (Å²) in [5.74, 6) is 0.692. The molecule has 1 aromatic heterocycles. The summed E-state index contributed by atoms with van der Waals surface area (Å²) in [7, 11) is 1.65. The molecule has 7 heteroatoms. The van der Waals surface area contributed by atoms with Gasteiger partial charge in [-0.05, 0) is 35.0 Å². The maximum absolute atomic E-state index is 5.95. The second kappa shape index (κ2) is 5.45. The van der Waals surface area contributed by atoms with Crippen molar-refractivity contribution < 1.29 is 4.74 Å². The number of rotatable bonds is 4. The van der Waals surface area contributed by atoms with Gasteiger partial charge in [0, 0.05) is 22.8 Å². The number of hydrogen-bond donors (Lipinski definition) is 1. The second-order valence-corrected chi connectivity index (χ2v) is 4.80. The summed E-state index contributed by atoms with van der Waals surface area (Å²) < 4.78 is 7.64. The van der Waals surface area contributed by atoms with Crippen molar-refractivity contribution in [3.63, 3.8) is 0 Å². The van der Waals surface area contributed by atoms with Gasteiger partial charge < -0.3 is 10.5 Å². The number of hydrogen-bond acceptors (Lipinski definition) is 5. The molecule has 0 saturated carbocycles. The second-order valence-electron chi connectivity index (χ2n) is 3.89. The maximum Gasteiger partial charge on any atom is 0.182 e. The van der Waals surface area contributed by atoms with Crippen molar-refractivity contribution >= 4 is 21.6 Å². The zero-order valence-corrected chi connectivity index (χ0v) is 11.8. The smallest absolute Gasteiger partial charge is 0.182 e. The molecule has 2 N–H and O–H groups in total. The van der Waals surface area contributed by atoms with Gasteiger partial charge in [0.25, 0.3) is 0 Å². The van der Waals surface area contributed by atoms with Gasteiger partial charge in [-0.15, -0.1) is 5.10 Å². The van der Waals surface area contributed by atoms with E-state index < -0.39 is 0 Å². The summed E-state index contributed by atoms with van der Waals surface area (Å²) >= 11 is 3.43. The third kappa shape index (κ3) is 2.51. The first-order valence-corrected chi connectivity index (χ1v) is 6.24. The van der Waals surface area contributed by atoms with E-state index in [1.54, 1.807) is 11.8 Å². The Hall–Kier alpha value is -1.47. The number of methoxy groups -OCH3 is 1. The zero-order valence-electron chi connectivity index (χ0n) is 10.2. The Balaban J connectivity index is 2.45. The van der Waals surface area contributed by atoms with Crippen LogP contribution >= 0.6 is 15.9 Å². The number of aromatic nitrogens is 4. The summed E-state index contributed by atoms with van der Waals surface area (Å²) in [5.41, 5.74) is 8.54. The van der Waals surface area contributed by atoms with Gasteiger partial charge in [0.05, 0.1) is 13.2 Å². The minimum Gasteiger partial charge on any atom is -0.398 e. The third-order valence-electron chi connectivity index (χ3n) is 2.69. The van der Waals surface area contributed by atoms with Crippen LogP contribution in [0.5, 0.6) is 0 Å². The number of halogens is 1. The van der Waals surface area contributed by atoms with E-state index in [1.165, 1.54) is 0 Å². The molecule has 96 valence electrons. The zero-order chi connectivity index (χ0) is 13.1. The molecule has 1 aromatic carbocycles. The molecule has 18 heavy (non-hydrogen) atoms. The third-order valence-corrected chi connectivity index (χ3v) is 3.15. The highest BCUT2D eigenvalue weighted by molar-refractivity contribution is 9.10. The molecule has 0 fully saturated rings. The van der Waals surface area contributed by atoms with Gasteiger partial charge in [0.15, 0.2) is 5.82 Å². The number of nitrogen functional groups attached to an aromatic ring is 1. The van der Waals surface area contributed by atoms with Gasteiger partial charge in [-0.2, -0.15) is 0 Å². The van der Waals surface area contributed by atoms with Crippen molar-refractivity contribution in [1.82, 2.24) is 20.2 Å². The number of nitrogens with zero attached hydrogens (tertiary/aromatic N) is 4. The van der Waals surface area contributed by atoms with Crippen molar-refractivity contribution in [3.05, 3.63) is 22.2 Å².